The Bertz CT molecular complexity index is 685. The number of nitrogens with two attached hydrogens (primary N) is 4. The number of carbonyl (C=O) groups excluding carboxylic acids is 4. The van der Waals surface area contributed by atoms with Crippen LogP contribution in [0.5, 0.6) is 0 Å². The number of rotatable bonds is 15. The molecule has 0 heterocycles. The molecule has 0 aliphatic heterocycles. The third kappa shape index (κ3) is 12.3. The minimum Gasteiger partial charge on any atom is -0.480 e. The van der Waals surface area contributed by atoms with E-state index < -0.39 is 47.7 Å². The summed E-state index contributed by atoms with van der Waals surface area (Å²) in [6.07, 6.45) is 0.0141. The number of aliphatic carboxylic acids is 1. The SMILES string of the molecule is NCC(=O)NC(CCCN=C(N)N)C(=O)NC(CS)C(=O)NC(CCC(N)=O)C(=O)O. The summed E-state index contributed by atoms with van der Waals surface area (Å²) < 4.78 is 0. The van der Waals surface area contributed by atoms with Gasteiger partial charge in [0.15, 0.2) is 5.96 Å². The van der Waals surface area contributed by atoms with Crippen molar-refractivity contribution in [3.8, 4) is 0 Å². The first kappa shape index (κ1) is 27.9. The zero-order valence-corrected chi connectivity index (χ0v) is 17.8. The molecule has 0 aromatic heterocycles. The molecule has 0 saturated carbocycles. The van der Waals surface area contributed by atoms with Crippen LogP contribution < -0.4 is 38.9 Å². The predicted molar refractivity (Wildman–Crippen MR) is 115 cm³/mol. The number of primary amides is 1. The van der Waals surface area contributed by atoms with Crippen LogP contribution in [0, 0.1) is 0 Å². The first-order valence-corrected chi connectivity index (χ1v) is 9.92. The molecule has 0 aliphatic rings. The van der Waals surface area contributed by atoms with Gasteiger partial charge in [-0.1, -0.05) is 0 Å². The van der Waals surface area contributed by atoms with Gasteiger partial charge >= 0.3 is 5.97 Å². The third-order valence-corrected chi connectivity index (χ3v) is 4.26. The van der Waals surface area contributed by atoms with Gasteiger partial charge in [0.1, 0.15) is 18.1 Å². The smallest absolute Gasteiger partial charge is 0.326 e. The summed E-state index contributed by atoms with van der Waals surface area (Å²) >= 11 is 4.00. The highest BCUT2D eigenvalue weighted by Crippen LogP contribution is 2.03. The summed E-state index contributed by atoms with van der Waals surface area (Å²) in [6.45, 7) is -0.143. The van der Waals surface area contributed by atoms with Crippen LogP contribution in [0.3, 0.4) is 0 Å². The van der Waals surface area contributed by atoms with Crippen molar-refractivity contribution in [2.24, 2.45) is 27.9 Å². The van der Waals surface area contributed by atoms with Gasteiger partial charge in [-0.05, 0) is 19.3 Å². The maximum Gasteiger partial charge on any atom is 0.326 e. The molecule has 12 N–H and O–H groups in total. The van der Waals surface area contributed by atoms with Crippen LogP contribution in [-0.2, 0) is 24.0 Å². The summed E-state index contributed by atoms with van der Waals surface area (Å²) in [5.74, 6) is -4.50. The summed E-state index contributed by atoms with van der Waals surface area (Å²) in [6, 6.07) is -3.63. The van der Waals surface area contributed by atoms with Crippen LogP contribution in [0.1, 0.15) is 25.7 Å². The van der Waals surface area contributed by atoms with E-state index in [0.29, 0.717) is 6.42 Å². The van der Waals surface area contributed by atoms with Crippen LogP contribution in [0.25, 0.3) is 0 Å². The molecule has 14 nitrogen and oxygen atoms in total. The van der Waals surface area contributed by atoms with E-state index in [1.165, 1.54) is 0 Å². The number of amides is 4. The van der Waals surface area contributed by atoms with Crippen molar-refractivity contribution < 1.29 is 29.1 Å². The summed E-state index contributed by atoms with van der Waals surface area (Å²) in [5.41, 5.74) is 20.7. The van der Waals surface area contributed by atoms with Gasteiger partial charge in [-0.2, -0.15) is 12.6 Å². The Balaban J connectivity index is 5.11. The topological polar surface area (TPSA) is 258 Å². The number of thiol groups is 1. The quantitative estimate of drug-likeness (QED) is 0.0493. The number of nitrogens with one attached hydrogen (secondary N) is 3. The fourth-order valence-corrected chi connectivity index (χ4v) is 2.57. The molecule has 0 spiro atoms. The molecule has 0 radical (unpaired) electrons. The van der Waals surface area contributed by atoms with Gasteiger partial charge < -0.3 is 44.0 Å². The van der Waals surface area contributed by atoms with Gasteiger partial charge in [0, 0.05) is 18.7 Å². The number of nitrogens with zero attached hydrogens (tertiary/aromatic N) is 1. The van der Waals surface area contributed by atoms with Gasteiger partial charge in [-0.3, -0.25) is 24.2 Å². The van der Waals surface area contributed by atoms with Crippen molar-refractivity contribution in [1.82, 2.24) is 16.0 Å². The molecule has 0 aliphatic carbocycles. The van der Waals surface area contributed by atoms with Gasteiger partial charge in [-0.25, -0.2) is 4.79 Å². The summed E-state index contributed by atoms with van der Waals surface area (Å²) in [7, 11) is 0. The normalized spacial score (nSPS) is 13.2. The maximum absolute atomic E-state index is 12.6. The molecule has 15 heteroatoms. The average molecular weight is 463 g/mol. The van der Waals surface area contributed by atoms with Gasteiger partial charge in [0.25, 0.3) is 0 Å². The van der Waals surface area contributed by atoms with E-state index in [1.54, 1.807) is 0 Å². The molecule has 3 unspecified atom stereocenters. The van der Waals surface area contributed by atoms with Crippen molar-refractivity contribution in [3.63, 3.8) is 0 Å². The molecule has 0 saturated heterocycles. The Morgan fingerprint density at radius 1 is 0.903 bits per heavy atom. The van der Waals surface area contributed by atoms with E-state index >= 15 is 0 Å². The summed E-state index contributed by atoms with van der Waals surface area (Å²) in [4.78, 5) is 62.5. The molecule has 0 fully saturated rings. The second kappa shape index (κ2) is 14.8. The Kier molecular flexibility index (Phi) is 13.4. The predicted octanol–water partition coefficient (Wildman–Crippen LogP) is -4.27. The first-order chi connectivity index (χ1) is 14.5. The Hall–Kier alpha value is -3.07. The number of hydrogen-bond donors (Lipinski definition) is 9. The first-order valence-electron chi connectivity index (χ1n) is 9.29. The lowest BCUT2D eigenvalue weighted by molar-refractivity contribution is -0.142. The average Bonchev–Trinajstić information content (AvgIpc) is 2.70. The van der Waals surface area contributed by atoms with E-state index in [9.17, 15) is 29.1 Å². The molecule has 0 bridgehead atoms. The van der Waals surface area contributed by atoms with Crippen molar-refractivity contribution in [2.45, 2.75) is 43.8 Å². The molecule has 0 aromatic rings. The number of aliphatic imine (C=N–C) groups is 1. The van der Waals surface area contributed by atoms with Gasteiger partial charge in [0.05, 0.1) is 6.54 Å². The van der Waals surface area contributed by atoms with Gasteiger partial charge in [-0.15, -0.1) is 0 Å². The number of carbonyl (C=O) groups is 5. The lowest BCUT2D eigenvalue weighted by Crippen LogP contribution is -2.56. The number of carboxylic acids is 1. The number of hydrogen-bond acceptors (Lipinski definition) is 8. The van der Waals surface area contributed by atoms with Crippen LogP contribution in [0.2, 0.25) is 0 Å². The van der Waals surface area contributed by atoms with Crippen molar-refractivity contribution >= 4 is 48.2 Å². The van der Waals surface area contributed by atoms with E-state index in [1.807, 2.05) is 0 Å². The largest absolute Gasteiger partial charge is 0.480 e. The van der Waals surface area contributed by atoms with Crippen molar-refractivity contribution in [1.29, 1.82) is 0 Å². The molecule has 31 heavy (non-hydrogen) atoms. The fraction of sp³-hybridized carbons (Fsp3) is 0.625. The summed E-state index contributed by atoms with van der Waals surface area (Å²) in [5, 5.41) is 16.2. The van der Waals surface area contributed by atoms with Crippen LogP contribution in [-0.4, -0.2) is 77.6 Å². The minimum atomic E-state index is -1.38. The maximum atomic E-state index is 12.6. The monoisotopic (exact) mass is 462 g/mol. The molecule has 0 aromatic carbocycles. The highest BCUT2D eigenvalue weighted by molar-refractivity contribution is 7.80. The Labute approximate surface area is 184 Å². The van der Waals surface area contributed by atoms with Gasteiger partial charge in [0.2, 0.25) is 23.6 Å². The molecule has 4 amide bonds. The Morgan fingerprint density at radius 3 is 1.97 bits per heavy atom. The second-order valence-corrected chi connectivity index (χ2v) is 6.79. The lowest BCUT2D eigenvalue weighted by Gasteiger charge is -2.23. The zero-order valence-electron chi connectivity index (χ0n) is 16.9. The standard InChI is InChI=1S/C16H30N8O6S/c17-6-12(26)22-8(2-1-5-21-16(19)20)13(27)24-10(7-31)14(28)23-9(15(29)30)3-4-11(18)25/h8-10,31H,1-7,17H2,(H2,18,25)(H,22,26)(H,23,28)(H,24,27)(H,29,30)(H4,19,20,21). The molecule has 0 rings (SSSR count). The van der Waals surface area contributed by atoms with E-state index in [-0.39, 0.29) is 44.1 Å². The molecular weight excluding hydrogens is 432 g/mol. The number of carboxylic acid groups (broad SMARTS) is 1. The third-order valence-electron chi connectivity index (χ3n) is 3.89. The Morgan fingerprint density at radius 2 is 1.48 bits per heavy atom. The molecule has 176 valence electrons. The minimum absolute atomic E-state index is 0.122. The fourth-order valence-electron chi connectivity index (χ4n) is 2.31. The number of guanidine groups is 1. The van der Waals surface area contributed by atoms with Crippen LogP contribution in [0.4, 0.5) is 0 Å². The van der Waals surface area contributed by atoms with Crippen LogP contribution >= 0.6 is 12.6 Å². The van der Waals surface area contributed by atoms with Crippen molar-refractivity contribution in [3.05, 3.63) is 0 Å². The lowest BCUT2D eigenvalue weighted by atomic mass is 10.1. The van der Waals surface area contributed by atoms with Crippen molar-refractivity contribution in [2.75, 3.05) is 18.8 Å². The second-order valence-electron chi connectivity index (χ2n) is 6.42. The highest BCUT2D eigenvalue weighted by atomic mass is 32.1. The van der Waals surface area contributed by atoms with Crippen LogP contribution in [0.15, 0.2) is 4.99 Å². The zero-order chi connectivity index (χ0) is 24.0. The molecular formula is C16H30N8O6S. The highest BCUT2D eigenvalue weighted by Gasteiger charge is 2.28. The van der Waals surface area contributed by atoms with E-state index in [0.717, 1.165) is 0 Å². The molecule has 3 atom stereocenters. The van der Waals surface area contributed by atoms with E-state index in [4.69, 9.17) is 22.9 Å². The van der Waals surface area contributed by atoms with E-state index in [2.05, 4.69) is 33.6 Å².